The molecule has 2 rings (SSSR count). The van der Waals surface area contributed by atoms with Gasteiger partial charge >= 0.3 is 0 Å². The molecule has 0 radical (unpaired) electrons. The number of rotatable bonds is 2. The zero-order valence-corrected chi connectivity index (χ0v) is 8.82. The number of hydrogen-bond donors (Lipinski definition) is 1. The number of nitrogens with zero attached hydrogens (tertiary/aromatic N) is 1. The Hall–Kier alpha value is -1.98. The predicted octanol–water partition coefficient (Wildman–Crippen LogP) is 0.803. The number of amides is 2. The first-order chi connectivity index (χ1) is 8.00. The van der Waals surface area contributed by atoms with Crippen molar-refractivity contribution in [3.05, 3.63) is 29.8 Å². The zero-order chi connectivity index (χ0) is 12.6. The van der Waals surface area contributed by atoms with Gasteiger partial charge in [0, 0.05) is 13.0 Å². The van der Waals surface area contributed by atoms with Crippen LogP contribution >= 0.6 is 0 Å². The molecule has 90 valence electrons. The first-order valence-electron chi connectivity index (χ1n) is 5.04. The molecule has 1 atom stereocenters. The molecule has 1 heterocycles. The van der Waals surface area contributed by atoms with Crippen LogP contribution in [0.25, 0.3) is 0 Å². The Morgan fingerprint density at radius 3 is 2.41 bits per heavy atom. The molecular formula is C11H10F2N2O2. The van der Waals surface area contributed by atoms with Gasteiger partial charge in [-0.25, -0.2) is 8.78 Å². The van der Waals surface area contributed by atoms with E-state index in [1.165, 1.54) is 6.07 Å². The third kappa shape index (κ3) is 1.98. The molecule has 1 unspecified atom stereocenters. The molecule has 1 aromatic carbocycles. The number of primary amides is 1. The van der Waals surface area contributed by atoms with Crippen LogP contribution in [-0.2, 0) is 9.59 Å². The number of anilines is 1. The van der Waals surface area contributed by atoms with Crippen LogP contribution in [0.15, 0.2) is 18.2 Å². The average Bonchev–Trinajstić information content (AvgIpc) is 2.61. The van der Waals surface area contributed by atoms with E-state index in [2.05, 4.69) is 0 Å². The fourth-order valence-corrected chi connectivity index (χ4v) is 1.86. The van der Waals surface area contributed by atoms with Crippen LogP contribution < -0.4 is 10.6 Å². The molecule has 2 N–H and O–H groups in total. The monoisotopic (exact) mass is 240 g/mol. The van der Waals surface area contributed by atoms with E-state index in [9.17, 15) is 18.4 Å². The lowest BCUT2D eigenvalue weighted by molar-refractivity contribution is -0.123. The highest BCUT2D eigenvalue weighted by atomic mass is 19.1. The van der Waals surface area contributed by atoms with E-state index >= 15 is 0 Å². The molecule has 0 aromatic heterocycles. The van der Waals surface area contributed by atoms with Gasteiger partial charge in [-0.2, -0.15) is 0 Å². The van der Waals surface area contributed by atoms with Crippen molar-refractivity contribution in [3.8, 4) is 0 Å². The summed E-state index contributed by atoms with van der Waals surface area (Å²) in [5.41, 5.74) is 4.66. The Labute approximate surface area is 96.0 Å². The summed E-state index contributed by atoms with van der Waals surface area (Å²) in [6.45, 7) is -0.0774. The first kappa shape index (κ1) is 11.5. The second-order valence-corrected chi connectivity index (χ2v) is 3.88. The van der Waals surface area contributed by atoms with Crippen molar-refractivity contribution in [3.63, 3.8) is 0 Å². The van der Waals surface area contributed by atoms with Crippen LogP contribution in [0.4, 0.5) is 14.5 Å². The number of para-hydroxylation sites is 1. The minimum absolute atomic E-state index is 0.0774. The van der Waals surface area contributed by atoms with Gasteiger partial charge in [0.2, 0.25) is 11.8 Å². The summed E-state index contributed by atoms with van der Waals surface area (Å²) in [5.74, 6) is -3.50. The number of hydrogen-bond acceptors (Lipinski definition) is 2. The minimum Gasteiger partial charge on any atom is -0.369 e. The van der Waals surface area contributed by atoms with Crippen LogP contribution in [0, 0.1) is 17.6 Å². The Morgan fingerprint density at radius 2 is 1.94 bits per heavy atom. The van der Waals surface area contributed by atoms with Crippen LogP contribution in [0.2, 0.25) is 0 Å². The van der Waals surface area contributed by atoms with Gasteiger partial charge in [-0.1, -0.05) is 6.07 Å². The number of carbonyl (C=O) groups is 2. The standard InChI is InChI=1S/C11H10F2N2O2/c12-7-2-1-3-8(13)10(7)15-5-6(11(14)17)4-9(15)16/h1-3,6H,4-5H2,(H2,14,17). The minimum atomic E-state index is -0.830. The maximum Gasteiger partial charge on any atom is 0.228 e. The highest BCUT2D eigenvalue weighted by Crippen LogP contribution is 2.29. The third-order valence-corrected chi connectivity index (χ3v) is 2.73. The molecule has 0 spiro atoms. The number of benzene rings is 1. The van der Waals surface area contributed by atoms with Gasteiger partial charge in [0.1, 0.15) is 17.3 Å². The lowest BCUT2D eigenvalue weighted by Gasteiger charge is -2.17. The lowest BCUT2D eigenvalue weighted by Crippen LogP contribution is -2.29. The molecular weight excluding hydrogens is 230 g/mol. The molecule has 1 aromatic rings. The molecule has 0 saturated carbocycles. The maximum absolute atomic E-state index is 13.5. The van der Waals surface area contributed by atoms with Gasteiger partial charge in [-0.15, -0.1) is 0 Å². The van der Waals surface area contributed by atoms with Crippen LogP contribution in [0.1, 0.15) is 6.42 Å². The second-order valence-electron chi connectivity index (χ2n) is 3.88. The summed E-state index contributed by atoms with van der Waals surface area (Å²) < 4.78 is 26.9. The molecule has 2 amide bonds. The Balaban J connectivity index is 2.35. The fraction of sp³-hybridized carbons (Fsp3) is 0.273. The molecule has 4 nitrogen and oxygen atoms in total. The van der Waals surface area contributed by atoms with Gasteiger partial charge < -0.3 is 10.6 Å². The Kier molecular flexibility index (Phi) is 2.79. The maximum atomic E-state index is 13.5. The number of halogens is 2. The molecule has 17 heavy (non-hydrogen) atoms. The molecule has 1 fully saturated rings. The fourth-order valence-electron chi connectivity index (χ4n) is 1.86. The van der Waals surface area contributed by atoms with Crippen molar-refractivity contribution < 1.29 is 18.4 Å². The van der Waals surface area contributed by atoms with Gasteiger partial charge in [0.25, 0.3) is 0 Å². The summed E-state index contributed by atoms with van der Waals surface area (Å²) in [6.07, 6.45) is -0.108. The Bertz CT molecular complexity index is 470. The van der Waals surface area contributed by atoms with E-state index in [1.54, 1.807) is 0 Å². The van der Waals surface area contributed by atoms with Crippen molar-refractivity contribution in [2.24, 2.45) is 11.7 Å². The first-order valence-corrected chi connectivity index (χ1v) is 5.04. The highest BCUT2D eigenvalue weighted by molar-refractivity contribution is 6.00. The largest absolute Gasteiger partial charge is 0.369 e. The summed E-state index contributed by atoms with van der Waals surface area (Å²) in [5, 5.41) is 0. The summed E-state index contributed by atoms with van der Waals surface area (Å²) in [7, 11) is 0. The van der Waals surface area contributed by atoms with Gasteiger partial charge in [0.05, 0.1) is 5.92 Å². The summed E-state index contributed by atoms with van der Waals surface area (Å²) in [6, 6.07) is 3.33. The second kappa shape index (κ2) is 4.12. The predicted molar refractivity (Wildman–Crippen MR) is 56.0 cm³/mol. The topological polar surface area (TPSA) is 63.4 Å². The van der Waals surface area contributed by atoms with E-state index in [0.29, 0.717) is 0 Å². The van der Waals surface area contributed by atoms with Crippen molar-refractivity contribution in [2.45, 2.75) is 6.42 Å². The summed E-state index contributed by atoms with van der Waals surface area (Å²) >= 11 is 0. The lowest BCUT2D eigenvalue weighted by atomic mass is 10.1. The van der Waals surface area contributed by atoms with Crippen molar-refractivity contribution in [2.75, 3.05) is 11.4 Å². The van der Waals surface area contributed by atoms with Crippen molar-refractivity contribution in [1.29, 1.82) is 0 Å². The highest BCUT2D eigenvalue weighted by Gasteiger charge is 2.36. The van der Waals surface area contributed by atoms with Gasteiger partial charge in [0.15, 0.2) is 0 Å². The van der Waals surface area contributed by atoms with E-state index in [1.807, 2.05) is 0 Å². The zero-order valence-electron chi connectivity index (χ0n) is 8.82. The quantitative estimate of drug-likeness (QED) is 0.831. The normalized spacial score (nSPS) is 19.8. The summed E-state index contributed by atoms with van der Waals surface area (Å²) in [4.78, 5) is 23.5. The van der Waals surface area contributed by atoms with Gasteiger partial charge in [-0.05, 0) is 12.1 Å². The Morgan fingerprint density at radius 1 is 1.35 bits per heavy atom. The molecule has 1 saturated heterocycles. The van der Waals surface area contributed by atoms with E-state index in [4.69, 9.17) is 5.73 Å². The van der Waals surface area contributed by atoms with E-state index in [-0.39, 0.29) is 13.0 Å². The number of nitrogens with two attached hydrogens (primary N) is 1. The SMILES string of the molecule is NC(=O)C1CC(=O)N(c2c(F)cccc2F)C1. The molecule has 1 aliphatic heterocycles. The van der Waals surface area contributed by atoms with E-state index in [0.717, 1.165) is 17.0 Å². The molecule has 1 aliphatic rings. The average molecular weight is 240 g/mol. The van der Waals surface area contributed by atoms with Crippen molar-refractivity contribution in [1.82, 2.24) is 0 Å². The molecule has 0 aliphatic carbocycles. The number of carbonyl (C=O) groups excluding carboxylic acids is 2. The van der Waals surface area contributed by atoms with Crippen LogP contribution in [-0.4, -0.2) is 18.4 Å². The molecule has 0 bridgehead atoms. The van der Waals surface area contributed by atoms with Crippen molar-refractivity contribution >= 4 is 17.5 Å². The third-order valence-electron chi connectivity index (χ3n) is 2.73. The van der Waals surface area contributed by atoms with Gasteiger partial charge in [-0.3, -0.25) is 9.59 Å². The van der Waals surface area contributed by atoms with Crippen LogP contribution in [0.3, 0.4) is 0 Å². The molecule has 6 heteroatoms. The van der Waals surface area contributed by atoms with Crippen LogP contribution in [0.5, 0.6) is 0 Å². The van der Waals surface area contributed by atoms with E-state index < -0.39 is 35.1 Å². The smallest absolute Gasteiger partial charge is 0.228 e.